The summed E-state index contributed by atoms with van der Waals surface area (Å²) < 4.78 is 5.50. The van der Waals surface area contributed by atoms with Gasteiger partial charge in [-0.05, 0) is 63.9 Å². The second-order valence-corrected chi connectivity index (χ2v) is 9.17. The average molecular weight is 412 g/mol. The van der Waals surface area contributed by atoms with Crippen molar-refractivity contribution in [3.8, 4) is 11.3 Å². The van der Waals surface area contributed by atoms with Crippen molar-refractivity contribution in [1.29, 1.82) is 0 Å². The Labute approximate surface area is 181 Å². The van der Waals surface area contributed by atoms with Gasteiger partial charge in [0.2, 0.25) is 0 Å². The van der Waals surface area contributed by atoms with Crippen LogP contribution in [0.3, 0.4) is 0 Å². The van der Waals surface area contributed by atoms with Crippen molar-refractivity contribution >= 4 is 0 Å². The van der Waals surface area contributed by atoms with Crippen LogP contribution in [-0.4, -0.2) is 77.3 Å². The molecular formula is C25H37N3O2. The second kappa shape index (κ2) is 10.1. The molecule has 1 aromatic carbocycles. The molecule has 0 aliphatic carbocycles. The Hall–Kier alpha value is -1.66. The third-order valence-corrected chi connectivity index (χ3v) is 6.94. The molecule has 0 radical (unpaired) electrons. The van der Waals surface area contributed by atoms with E-state index in [9.17, 15) is 5.11 Å². The van der Waals surface area contributed by atoms with Crippen molar-refractivity contribution in [3.05, 3.63) is 48.2 Å². The highest BCUT2D eigenvalue weighted by Crippen LogP contribution is 2.26. The lowest BCUT2D eigenvalue weighted by Gasteiger charge is -2.48. The van der Waals surface area contributed by atoms with Gasteiger partial charge in [-0.2, -0.15) is 0 Å². The van der Waals surface area contributed by atoms with Gasteiger partial charge in [-0.1, -0.05) is 24.3 Å². The van der Waals surface area contributed by atoms with E-state index in [0.717, 1.165) is 43.9 Å². The van der Waals surface area contributed by atoms with Crippen LogP contribution < -0.4 is 0 Å². The van der Waals surface area contributed by atoms with Crippen molar-refractivity contribution < 1.29 is 9.52 Å². The summed E-state index contributed by atoms with van der Waals surface area (Å²) in [6.45, 7) is 11.5. The molecule has 2 aliphatic heterocycles. The standard InChI is InChI=1S/C25H37N3O2/c1-20(2)27-12-9-23(10-13-27)28-15-14-26(19-24(28)11-16-29)18-21-5-7-22(8-6-21)25-4-3-17-30-25/h3-8,17,20,23-24,29H,9-16,18-19H2,1-2H3/t24-/m0/s1. The van der Waals surface area contributed by atoms with Crippen LogP contribution in [0.1, 0.15) is 38.7 Å². The molecule has 0 saturated carbocycles. The lowest BCUT2D eigenvalue weighted by Crippen LogP contribution is -2.58. The Balaban J connectivity index is 1.34. The zero-order valence-electron chi connectivity index (χ0n) is 18.5. The molecule has 1 atom stereocenters. The van der Waals surface area contributed by atoms with Crippen LogP contribution in [0.4, 0.5) is 0 Å². The van der Waals surface area contributed by atoms with Crippen molar-refractivity contribution in [2.24, 2.45) is 0 Å². The lowest BCUT2D eigenvalue weighted by molar-refractivity contribution is -0.0000284. The fraction of sp³-hybridized carbons (Fsp3) is 0.600. The zero-order chi connectivity index (χ0) is 20.9. The monoisotopic (exact) mass is 411 g/mol. The van der Waals surface area contributed by atoms with Crippen LogP contribution in [0, 0.1) is 0 Å². The first kappa shape index (κ1) is 21.6. The molecule has 164 valence electrons. The van der Waals surface area contributed by atoms with Gasteiger partial charge in [0.15, 0.2) is 0 Å². The van der Waals surface area contributed by atoms with E-state index < -0.39 is 0 Å². The van der Waals surface area contributed by atoms with Gasteiger partial charge in [0.1, 0.15) is 5.76 Å². The molecule has 1 aromatic heterocycles. The van der Waals surface area contributed by atoms with E-state index in [2.05, 4.69) is 52.8 Å². The summed E-state index contributed by atoms with van der Waals surface area (Å²) in [6.07, 6.45) is 5.11. The molecule has 3 heterocycles. The molecule has 5 nitrogen and oxygen atoms in total. The normalized spacial score (nSPS) is 22.7. The highest BCUT2D eigenvalue weighted by molar-refractivity contribution is 5.57. The maximum Gasteiger partial charge on any atom is 0.133 e. The smallest absolute Gasteiger partial charge is 0.133 e. The molecule has 0 spiro atoms. The molecule has 0 bridgehead atoms. The molecular weight excluding hydrogens is 374 g/mol. The third kappa shape index (κ3) is 5.14. The van der Waals surface area contributed by atoms with E-state index in [0.29, 0.717) is 18.1 Å². The number of piperazine rings is 1. The lowest BCUT2D eigenvalue weighted by atomic mass is 9.97. The van der Waals surface area contributed by atoms with Gasteiger partial charge in [0.05, 0.1) is 6.26 Å². The van der Waals surface area contributed by atoms with Gasteiger partial charge in [-0.3, -0.25) is 9.80 Å². The second-order valence-electron chi connectivity index (χ2n) is 9.17. The number of aliphatic hydroxyl groups is 1. The summed E-state index contributed by atoms with van der Waals surface area (Å²) in [5, 5.41) is 9.68. The molecule has 0 amide bonds. The molecule has 30 heavy (non-hydrogen) atoms. The number of rotatable bonds is 7. The number of hydrogen-bond acceptors (Lipinski definition) is 5. The van der Waals surface area contributed by atoms with E-state index in [4.69, 9.17) is 4.42 Å². The fourth-order valence-corrected chi connectivity index (χ4v) is 5.17. The first-order valence-electron chi connectivity index (χ1n) is 11.6. The summed E-state index contributed by atoms with van der Waals surface area (Å²) in [6, 6.07) is 14.4. The Bertz CT molecular complexity index is 751. The van der Waals surface area contributed by atoms with Gasteiger partial charge >= 0.3 is 0 Å². The van der Waals surface area contributed by atoms with E-state index in [1.807, 2.05) is 12.1 Å². The van der Waals surface area contributed by atoms with Crippen molar-refractivity contribution in [1.82, 2.24) is 14.7 Å². The molecule has 1 N–H and O–H groups in total. The van der Waals surface area contributed by atoms with Gasteiger partial charge in [0.25, 0.3) is 0 Å². The number of furan rings is 1. The SMILES string of the molecule is CC(C)N1CCC(N2CCN(Cc3ccc(-c4ccco4)cc3)C[C@@H]2CCO)CC1. The summed E-state index contributed by atoms with van der Waals surface area (Å²) in [5.41, 5.74) is 2.46. The number of benzene rings is 1. The van der Waals surface area contributed by atoms with Crippen LogP contribution in [0.25, 0.3) is 11.3 Å². The third-order valence-electron chi connectivity index (χ3n) is 6.94. The number of likely N-dealkylation sites (tertiary alicyclic amines) is 1. The maximum absolute atomic E-state index is 9.68. The van der Waals surface area contributed by atoms with Crippen LogP contribution >= 0.6 is 0 Å². The average Bonchev–Trinajstić information content (AvgIpc) is 3.30. The van der Waals surface area contributed by atoms with Crippen LogP contribution in [0.15, 0.2) is 47.1 Å². The minimum absolute atomic E-state index is 0.275. The van der Waals surface area contributed by atoms with Crippen LogP contribution in [-0.2, 0) is 6.54 Å². The van der Waals surface area contributed by atoms with E-state index in [1.54, 1.807) is 6.26 Å². The molecule has 0 unspecified atom stereocenters. The predicted molar refractivity (Wildman–Crippen MR) is 121 cm³/mol. The topological polar surface area (TPSA) is 43.1 Å². The number of nitrogens with zero attached hydrogens (tertiary/aromatic N) is 3. The van der Waals surface area contributed by atoms with Crippen molar-refractivity contribution in [3.63, 3.8) is 0 Å². The largest absolute Gasteiger partial charge is 0.464 e. The number of hydrogen-bond donors (Lipinski definition) is 1. The summed E-state index contributed by atoms with van der Waals surface area (Å²) in [7, 11) is 0. The van der Waals surface area contributed by atoms with Crippen molar-refractivity contribution in [2.45, 2.75) is 57.8 Å². The Morgan fingerprint density at radius 2 is 1.80 bits per heavy atom. The van der Waals surface area contributed by atoms with E-state index in [-0.39, 0.29) is 6.61 Å². The number of piperidine rings is 1. The Morgan fingerprint density at radius 3 is 2.43 bits per heavy atom. The van der Waals surface area contributed by atoms with Gasteiger partial charge in [-0.15, -0.1) is 0 Å². The maximum atomic E-state index is 9.68. The van der Waals surface area contributed by atoms with Crippen LogP contribution in [0.2, 0.25) is 0 Å². The zero-order valence-corrected chi connectivity index (χ0v) is 18.5. The first-order chi connectivity index (χ1) is 14.6. The highest BCUT2D eigenvalue weighted by atomic mass is 16.3. The fourth-order valence-electron chi connectivity index (χ4n) is 5.17. The highest BCUT2D eigenvalue weighted by Gasteiger charge is 2.33. The molecule has 2 fully saturated rings. The summed E-state index contributed by atoms with van der Waals surface area (Å²) >= 11 is 0. The molecule has 5 heteroatoms. The van der Waals surface area contributed by atoms with Gasteiger partial charge in [-0.25, -0.2) is 0 Å². The van der Waals surface area contributed by atoms with Crippen LogP contribution in [0.5, 0.6) is 0 Å². The van der Waals surface area contributed by atoms with E-state index >= 15 is 0 Å². The van der Waals surface area contributed by atoms with Gasteiger partial charge in [0, 0.05) is 56.5 Å². The minimum Gasteiger partial charge on any atom is -0.464 e. The molecule has 2 aromatic rings. The summed E-state index contributed by atoms with van der Waals surface area (Å²) in [5.74, 6) is 0.918. The minimum atomic E-state index is 0.275. The molecule has 2 aliphatic rings. The Morgan fingerprint density at radius 1 is 1.03 bits per heavy atom. The predicted octanol–water partition coefficient (Wildman–Crippen LogP) is 3.69. The Kier molecular flexibility index (Phi) is 7.26. The number of aliphatic hydroxyl groups excluding tert-OH is 1. The quantitative estimate of drug-likeness (QED) is 0.753. The van der Waals surface area contributed by atoms with Crippen molar-refractivity contribution in [2.75, 3.05) is 39.3 Å². The van der Waals surface area contributed by atoms with Gasteiger partial charge < -0.3 is 14.4 Å². The molecule has 2 saturated heterocycles. The first-order valence-corrected chi connectivity index (χ1v) is 11.6. The summed E-state index contributed by atoms with van der Waals surface area (Å²) in [4.78, 5) is 7.87. The van der Waals surface area contributed by atoms with E-state index in [1.165, 1.54) is 31.5 Å². The molecule has 4 rings (SSSR count).